The molecule has 4 aromatic rings. The molecule has 0 spiro atoms. The van der Waals surface area contributed by atoms with Crippen molar-refractivity contribution in [2.45, 2.75) is 57.2 Å². The fourth-order valence-corrected chi connectivity index (χ4v) is 6.16. The fourth-order valence-electron chi connectivity index (χ4n) is 5.34. The number of aromatic nitrogens is 3. The Labute approximate surface area is 237 Å². The van der Waals surface area contributed by atoms with E-state index in [1.54, 1.807) is 16.8 Å². The van der Waals surface area contributed by atoms with Gasteiger partial charge >= 0.3 is 0 Å². The monoisotopic (exact) mass is 554 g/mol. The van der Waals surface area contributed by atoms with Crippen LogP contribution in [-0.4, -0.2) is 20.5 Å². The first-order chi connectivity index (χ1) is 19.3. The van der Waals surface area contributed by atoms with Gasteiger partial charge in [-0.1, -0.05) is 85.8 Å². The molecule has 2 aliphatic rings. The number of anilines is 1. The largest absolute Gasteiger partial charge is 0.489 e. The van der Waals surface area contributed by atoms with Crippen LogP contribution in [0.1, 0.15) is 55.0 Å². The molecule has 6 rings (SSSR count). The van der Waals surface area contributed by atoms with E-state index in [9.17, 15) is 9.18 Å². The average Bonchev–Trinajstić information content (AvgIpc) is 3.33. The van der Waals surface area contributed by atoms with E-state index in [-0.39, 0.29) is 17.0 Å². The van der Waals surface area contributed by atoms with Crippen LogP contribution in [0.4, 0.5) is 10.3 Å². The minimum absolute atomic E-state index is 0.108. The van der Waals surface area contributed by atoms with Gasteiger partial charge in [0, 0.05) is 23.4 Å². The number of hydrogen-bond acceptors (Lipinski definition) is 6. The van der Waals surface area contributed by atoms with Crippen molar-refractivity contribution in [1.29, 1.82) is 0 Å². The van der Waals surface area contributed by atoms with Gasteiger partial charge in [-0.25, -0.2) is 9.07 Å². The maximum absolute atomic E-state index is 14.2. The lowest BCUT2D eigenvalue weighted by Gasteiger charge is -2.38. The van der Waals surface area contributed by atoms with E-state index < -0.39 is 6.04 Å². The zero-order valence-electron chi connectivity index (χ0n) is 22.8. The summed E-state index contributed by atoms with van der Waals surface area (Å²) >= 11 is 1.37. The van der Waals surface area contributed by atoms with Gasteiger partial charge in [0.05, 0.1) is 0 Å². The SMILES string of the molecule is Cc1ccc(COc2cccc(C3C4=C(CC(C)(C)CC4=O)Nc4nc(SCc5ccccc5F)nn43)c2)cc1. The lowest BCUT2D eigenvalue weighted by molar-refractivity contribution is -0.118. The van der Waals surface area contributed by atoms with Crippen LogP contribution in [0, 0.1) is 18.2 Å². The summed E-state index contributed by atoms with van der Waals surface area (Å²) < 4.78 is 22.2. The minimum atomic E-state index is -0.437. The first kappa shape index (κ1) is 26.3. The van der Waals surface area contributed by atoms with Crippen molar-refractivity contribution in [3.8, 4) is 5.75 Å². The summed E-state index contributed by atoms with van der Waals surface area (Å²) in [6.45, 7) is 6.73. The Kier molecular flexibility index (Phi) is 6.96. The molecular formula is C32H31FN4O2S. The Morgan fingerprint density at radius 3 is 2.67 bits per heavy atom. The molecule has 1 N–H and O–H groups in total. The number of nitrogens with one attached hydrogen (secondary N) is 1. The molecule has 0 saturated heterocycles. The molecule has 0 saturated carbocycles. The van der Waals surface area contributed by atoms with Crippen molar-refractivity contribution >= 4 is 23.5 Å². The zero-order chi connectivity index (χ0) is 27.9. The smallest absolute Gasteiger partial charge is 0.227 e. The second-order valence-corrected chi connectivity index (χ2v) is 12.2. The van der Waals surface area contributed by atoms with E-state index in [4.69, 9.17) is 14.8 Å². The number of ether oxygens (including phenoxy) is 1. The quantitative estimate of drug-likeness (QED) is 0.243. The second-order valence-electron chi connectivity index (χ2n) is 11.3. The third-order valence-corrected chi connectivity index (χ3v) is 8.21. The number of nitrogens with zero attached hydrogens (tertiary/aromatic N) is 3. The number of carbonyl (C=O) groups excluding carboxylic acids is 1. The highest BCUT2D eigenvalue weighted by Gasteiger charge is 2.42. The molecule has 40 heavy (non-hydrogen) atoms. The number of hydrogen-bond donors (Lipinski definition) is 1. The number of ketones is 1. The van der Waals surface area contributed by atoms with E-state index in [1.807, 2.05) is 30.3 Å². The van der Waals surface area contributed by atoms with E-state index in [2.05, 4.69) is 50.4 Å². The third kappa shape index (κ3) is 5.41. The summed E-state index contributed by atoms with van der Waals surface area (Å²) in [5.41, 5.74) is 5.24. The molecular weight excluding hydrogens is 523 g/mol. The molecule has 0 radical (unpaired) electrons. The number of aryl methyl sites for hydroxylation is 1. The Morgan fingerprint density at radius 2 is 1.88 bits per heavy atom. The predicted octanol–water partition coefficient (Wildman–Crippen LogP) is 7.26. The summed E-state index contributed by atoms with van der Waals surface area (Å²) in [5, 5.41) is 8.74. The van der Waals surface area contributed by atoms with Crippen molar-refractivity contribution < 1.29 is 13.9 Å². The average molecular weight is 555 g/mol. The number of allylic oxidation sites excluding steroid dienone is 2. The van der Waals surface area contributed by atoms with Crippen molar-refractivity contribution in [2.24, 2.45) is 5.41 Å². The highest BCUT2D eigenvalue weighted by Crippen LogP contribution is 2.46. The number of halogens is 1. The molecule has 6 nitrogen and oxygen atoms in total. The van der Waals surface area contributed by atoms with Crippen LogP contribution in [-0.2, 0) is 17.2 Å². The van der Waals surface area contributed by atoms with Gasteiger partial charge in [-0.15, -0.1) is 5.10 Å². The minimum Gasteiger partial charge on any atom is -0.489 e. The van der Waals surface area contributed by atoms with Crippen molar-refractivity contribution in [3.05, 3.63) is 112 Å². The first-order valence-corrected chi connectivity index (χ1v) is 14.4. The maximum atomic E-state index is 14.2. The normalized spacial score (nSPS) is 17.7. The number of carbonyl (C=O) groups is 1. The van der Waals surface area contributed by atoms with E-state index in [0.29, 0.717) is 35.4 Å². The van der Waals surface area contributed by atoms with E-state index in [0.717, 1.165) is 34.6 Å². The van der Waals surface area contributed by atoms with Gasteiger partial charge < -0.3 is 10.1 Å². The molecule has 0 amide bonds. The highest BCUT2D eigenvalue weighted by molar-refractivity contribution is 7.98. The second kappa shape index (κ2) is 10.6. The van der Waals surface area contributed by atoms with Gasteiger partial charge in [0.2, 0.25) is 11.1 Å². The highest BCUT2D eigenvalue weighted by atomic mass is 32.2. The maximum Gasteiger partial charge on any atom is 0.227 e. The van der Waals surface area contributed by atoms with Crippen LogP contribution in [0.3, 0.4) is 0 Å². The van der Waals surface area contributed by atoms with Gasteiger partial charge in [-0.05, 0) is 53.6 Å². The van der Waals surface area contributed by atoms with Crippen LogP contribution >= 0.6 is 11.8 Å². The van der Waals surface area contributed by atoms with Crippen LogP contribution in [0.25, 0.3) is 0 Å². The Hall–Kier alpha value is -3.91. The zero-order valence-corrected chi connectivity index (χ0v) is 23.6. The summed E-state index contributed by atoms with van der Waals surface area (Å²) in [5.74, 6) is 1.57. The summed E-state index contributed by atoms with van der Waals surface area (Å²) in [6.07, 6.45) is 1.20. The van der Waals surface area contributed by atoms with Gasteiger partial charge in [-0.2, -0.15) is 4.98 Å². The lowest BCUT2D eigenvalue weighted by atomic mass is 9.73. The molecule has 1 atom stereocenters. The topological polar surface area (TPSA) is 69.0 Å². The molecule has 0 fully saturated rings. The van der Waals surface area contributed by atoms with Gasteiger partial charge in [0.1, 0.15) is 24.2 Å². The van der Waals surface area contributed by atoms with Crippen molar-refractivity contribution in [3.63, 3.8) is 0 Å². The summed E-state index contributed by atoms with van der Waals surface area (Å²) in [7, 11) is 0. The summed E-state index contributed by atoms with van der Waals surface area (Å²) in [6, 6.07) is 22.4. The Morgan fingerprint density at radius 1 is 1.07 bits per heavy atom. The molecule has 1 aliphatic heterocycles. The molecule has 0 bridgehead atoms. The Balaban J connectivity index is 1.33. The molecule has 1 aliphatic carbocycles. The molecule has 8 heteroatoms. The van der Waals surface area contributed by atoms with E-state index >= 15 is 0 Å². The summed E-state index contributed by atoms with van der Waals surface area (Å²) in [4.78, 5) is 18.3. The third-order valence-electron chi connectivity index (χ3n) is 7.33. The van der Waals surface area contributed by atoms with Crippen molar-refractivity contribution in [2.75, 3.05) is 5.32 Å². The number of fused-ring (bicyclic) bond motifs is 1. The number of thioether (sulfide) groups is 1. The number of benzene rings is 3. The molecule has 1 unspecified atom stereocenters. The van der Waals surface area contributed by atoms with Crippen LogP contribution < -0.4 is 10.1 Å². The number of Topliss-reactive ketones (excluding diaryl/α,β-unsaturated/α-hetero) is 1. The van der Waals surface area contributed by atoms with Crippen LogP contribution in [0.2, 0.25) is 0 Å². The van der Waals surface area contributed by atoms with E-state index in [1.165, 1.54) is 23.4 Å². The molecule has 2 heterocycles. The number of rotatable bonds is 7. The standard InChI is InChI=1S/C32H31FN4O2S/c1-20-11-13-21(14-12-20)18-39-24-9-6-8-22(15-24)29-28-26(16-32(2,3)17-27(28)38)34-30-35-31(36-37(29)30)40-19-23-7-4-5-10-25(23)33/h4-15,29H,16-19H2,1-3H3,(H,34,35,36). The first-order valence-electron chi connectivity index (χ1n) is 13.4. The van der Waals surface area contributed by atoms with Gasteiger partial charge in [0.25, 0.3) is 0 Å². The fraction of sp³-hybridized carbons (Fsp3) is 0.281. The lowest BCUT2D eigenvalue weighted by Crippen LogP contribution is -2.36. The van der Waals surface area contributed by atoms with Crippen LogP contribution in [0.5, 0.6) is 5.75 Å². The molecule has 204 valence electrons. The molecule has 1 aromatic heterocycles. The van der Waals surface area contributed by atoms with Crippen LogP contribution in [0.15, 0.2) is 89.2 Å². The van der Waals surface area contributed by atoms with Gasteiger partial charge in [0.15, 0.2) is 5.78 Å². The van der Waals surface area contributed by atoms with Gasteiger partial charge in [-0.3, -0.25) is 4.79 Å². The van der Waals surface area contributed by atoms with Crippen molar-refractivity contribution in [1.82, 2.24) is 14.8 Å². The Bertz CT molecular complexity index is 1610. The predicted molar refractivity (Wildman–Crippen MR) is 155 cm³/mol. The molecule has 3 aromatic carbocycles.